The number of amides is 1. The Labute approximate surface area is 207 Å². The van der Waals surface area contributed by atoms with E-state index in [-0.39, 0.29) is 16.5 Å². The standard InChI is InChI=1S/C25H30Cl2N2O3S/c1-7-10-19(6)29-33(31,32)21(11-8-2)16-24(27)22(9-3)25(30)28-20-12-13-23(26)18(5)14-17(4)15-20/h7,9-10,12-14,16-17,21,29H,1,15H2,2-6H3,(H,28,30)/b18-14-,19-10+,20-12+,22-9+,23-13+,24-16+. The first-order chi connectivity index (χ1) is 15.4. The number of carbonyl (C=O) groups is 1. The zero-order chi connectivity index (χ0) is 25.2. The van der Waals surface area contributed by atoms with Gasteiger partial charge < -0.3 is 5.32 Å². The summed E-state index contributed by atoms with van der Waals surface area (Å²) in [6.07, 6.45) is 11.9. The molecule has 0 bridgehead atoms. The van der Waals surface area contributed by atoms with Gasteiger partial charge in [-0.25, -0.2) is 8.42 Å². The second-order valence-electron chi connectivity index (χ2n) is 7.46. The maximum absolute atomic E-state index is 13.0. The first kappa shape index (κ1) is 28.6. The van der Waals surface area contributed by atoms with Crippen LogP contribution in [0.15, 0.2) is 81.7 Å². The number of halogens is 2. The van der Waals surface area contributed by atoms with Gasteiger partial charge in [0.2, 0.25) is 10.0 Å². The van der Waals surface area contributed by atoms with Crippen molar-refractivity contribution in [1.82, 2.24) is 10.0 Å². The molecule has 0 aliphatic heterocycles. The highest BCUT2D eigenvalue weighted by Crippen LogP contribution is 2.24. The molecule has 0 saturated heterocycles. The maximum Gasteiger partial charge on any atom is 0.256 e. The predicted molar refractivity (Wildman–Crippen MR) is 139 cm³/mol. The third kappa shape index (κ3) is 9.13. The van der Waals surface area contributed by atoms with Gasteiger partial charge in [0.15, 0.2) is 5.25 Å². The minimum atomic E-state index is -3.92. The average molecular weight is 509 g/mol. The fraction of sp³-hybridized carbons (Fsp3) is 0.320. The summed E-state index contributed by atoms with van der Waals surface area (Å²) < 4.78 is 27.9. The normalized spacial score (nSPS) is 23.7. The van der Waals surface area contributed by atoms with Gasteiger partial charge in [-0.3, -0.25) is 9.52 Å². The lowest BCUT2D eigenvalue weighted by atomic mass is 9.99. The summed E-state index contributed by atoms with van der Waals surface area (Å²) in [5, 5.41) is 2.16. The molecule has 0 heterocycles. The molecule has 0 saturated carbocycles. The Morgan fingerprint density at radius 2 is 2.03 bits per heavy atom. The van der Waals surface area contributed by atoms with Gasteiger partial charge in [0, 0.05) is 16.4 Å². The fourth-order valence-corrected chi connectivity index (χ4v) is 4.79. The van der Waals surface area contributed by atoms with Crippen LogP contribution in [0.1, 0.15) is 41.0 Å². The predicted octanol–water partition coefficient (Wildman–Crippen LogP) is 5.57. The number of sulfonamides is 1. The number of allylic oxidation sites excluding steroid dienone is 10. The highest BCUT2D eigenvalue weighted by atomic mass is 35.5. The lowest BCUT2D eigenvalue weighted by Crippen LogP contribution is -2.32. The van der Waals surface area contributed by atoms with E-state index >= 15 is 0 Å². The third-order valence-corrected chi connectivity index (χ3v) is 6.82. The summed E-state index contributed by atoms with van der Waals surface area (Å²) >= 11 is 12.6. The van der Waals surface area contributed by atoms with Crippen molar-refractivity contribution < 1.29 is 13.2 Å². The third-order valence-electron chi connectivity index (χ3n) is 4.54. The van der Waals surface area contributed by atoms with Crippen LogP contribution in [-0.4, -0.2) is 19.6 Å². The van der Waals surface area contributed by atoms with Gasteiger partial charge in [0.25, 0.3) is 5.91 Å². The Hall–Kier alpha value is -2.46. The molecule has 2 unspecified atom stereocenters. The molecule has 0 aromatic carbocycles. The van der Waals surface area contributed by atoms with Crippen LogP contribution in [0, 0.1) is 17.8 Å². The molecule has 0 aromatic heterocycles. The first-order valence-electron chi connectivity index (χ1n) is 10.3. The second kappa shape index (κ2) is 13.3. The van der Waals surface area contributed by atoms with E-state index in [9.17, 15) is 13.2 Å². The summed E-state index contributed by atoms with van der Waals surface area (Å²) in [6, 6.07) is 0. The molecule has 2 atom stereocenters. The Morgan fingerprint density at radius 1 is 1.36 bits per heavy atom. The van der Waals surface area contributed by atoms with Crippen molar-refractivity contribution in [3.05, 3.63) is 81.7 Å². The Morgan fingerprint density at radius 3 is 2.61 bits per heavy atom. The van der Waals surface area contributed by atoms with Crippen LogP contribution in [0.25, 0.3) is 0 Å². The molecular formula is C25H30Cl2N2O3S. The van der Waals surface area contributed by atoms with E-state index in [1.165, 1.54) is 31.2 Å². The first-order valence-corrected chi connectivity index (χ1v) is 12.6. The van der Waals surface area contributed by atoms with Crippen LogP contribution in [-0.2, 0) is 14.8 Å². The number of nitrogens with one attached hydrogen (secondary N) is 2. The van der Waals surface area contributed by atoms with Crippen molar-refractivity contribution in [2.75, 3.05) is 0 Å². The minimum Gasteiger partial charge on any atom is -0.326 e. The molecule has 1 amide bonds. The Balaban J connectivity index is 3.20. The minimum absolute atomic E-state index is 0.0257. The molecular weight excluding hydrogens is 479 g/mol. The number of hydrogen-bond acceptors (Lipinski definition) is 3. The van der Waals surface area contributed by atoms with Crippen molar-refractivity contribution in [2.24, 2.45) is 5.92 Å². The van der Waals surface area contributed by atoms with Crippen molar-refractivity contribution in [1.29, 1.82) is 0 Å². The molecule has 1 aliphatic carbocycles. The van der Waals surface area contributed by atoms with E-state index in [4.69, 9.17) is 23.2 Å². The van der Waals surface area contributed by atoms with Crippen molar-refractivity contribution in [2.45, 2.75) is 46.3 Å². The van der Waals surface area contributed by atoms with E-state index in [1.54, 1.807) is 26.0 Å². The van der Waals surface area contributed by atoms with Gasteiger partial charge in [-0.2, -0.15) is 0 Å². The molecule has 8 heteroatoms. The summed E-state index contributed by atoms with van der Waals surface area (Å²) in [6.45, 7) is 12.3. The SMILES string of the molecule is C=C/C=C(\C)NS(=O)(=O)C(C#CC)/C=C(Cl)\C(=C/C)C(=O)N/C1=C/C=C(Cl)\C(C)=C/C(C)C1. The second-order valence-corrected chi connectivity index (χ2v) is 10.1. The highest BCUT2D eigenvalue weighted by Gasteiger charge is 2.24. The van der Waals surface area contributed by atoms with E-state index in [2.05, 4.69) is 28.5 Å². The van der Waals surface area contributed by atoms with Gasteiger partial charge in [-0.05, 0) is 69.9 Å². The molecule has 0 spiro atoms. The van der Waals surface area contributed by atoms with E-state index in [1.807, 2.05) is 19.9 Å². The van der Waals surface area contributed by atoms with Gasteiger partial charge in [-0.15, -0.1) is 5.92 Å². The lowest BCUT2D eigenvalue weighted by Gasteiger charge is -2.17. The van der Waals surface area contributed by atoms with E-state index in [0.717, 1.165) is 5.57 Å². The van der Waals surface area contributed by atoms with Gasteiger partial charge in [0.1, 0.15) is 0 Å². The van der Waals surface area contributed by atoms with Gasteiger partial charge in [0.05, 0.1) is 10.6 Å². The largest absolute Gasteiger partial charge is 0.326 e. The smallest absolute Gasteiger partial charge is 0.256 e. The molecule has 178 valence electrons. The van der Waals surface area contributed by atoms with E-state index < -0.39 is 21.2 Å². The zero-order valence-corrected chi connectivity index (χ0v) is 21.8. The maximum atomic E-state index is 13.0. The summed E-state index contributed by atoms with van der Waals surface area (Å²) in [5.41, 5.74) is 2.15. The van der Waals surface area contributed by atoms with Gasteiger partial charge in [-0.1, -0.05) is 60.9 Å². The molecule has 0 fully saturated rings. The average Bonchev–Trinajstić information content (AvgIpc) is 2.70. The van der Waals surface area contributed by atoms with Crippen LogP contribution in [0.2, 0.25) is 0 Å². The van der Waals surface area contributed by atoms with Crippen molar-refractivity contribution >= 4 is 39.1 Å². The number of rotatable bonds is 8. The van der Waals surface area contributed by atoms with Crippen molar-refractivity contribution in [3.63, 3.8) is 0 Å². The van der Waals surface area contributed by atoms with Crippen LogP contribution in [0.4, 0.5) is 0 Å². The molecule has 1 rings (SSSR count). The lowest BCUT2D eigenvalue weighted by molar-refractivity contribution is -0.116. The molecule has 2 N–H and O–H groups in total. The summed E-state index contributed by atoms with van der Waals surface area (Å²) in [7, 11) is -3.92. The Kier molecular flexibility index (Phi) is 11.5. The van der Waals surface area contributed by atoms with E-state index in [0.29, 0.717) is 22.8 Å². The zero-order valence-electron chi connectivity index (χ0n) is 19.5. The Bertz CT molecular complexity index is 1130. The van der Waals surface area contributed by atoms with Crippen LogP contribution in [0.5, 0.6) is 0 Å². The topological polar surface area (TPSA) is 75.3 Å². The number of carbonyl (C=O) groups excluding carboxylic acids is 1. The quantitative estimate of drug-likeness (QED) is 0.255. The van der Waals surface area contributed by atoms with Crippen LogP contribution < -0.4 is 10.0 Å². The molecule has 33 heavy (non-hydrogen) atoms. The molecule has 0 radical (unpaired) electrons. The van der Waals surface area contributed by atoms with Crippen LogP contribution in [0.3, 0.4) is 0 Å². The highest BCUT2D eigenvalue weighted by molar-refractivity contribution is 7.90. The van der Waals surface area contributed by atoms with Crippen LogP contribution >= 0.6 is 23.2 Å². The van der Waals surface area contributed by atoms with Crippen molar-refractivity contribution in [3.8, 4) is 11.8 Å². The molecule has 1 aliphatic rings. The van der Waals surface area contributed by atoms with Gasteiger partial charge >= 0.3 is 0 Å². The fourth-order valence-electron chi connectivity index (χ4n) is 3.04. The summed E-state index contributed by atoms with van der Waals surface area (Å²) in [5.74, 6) is 4.91. The number of hydrogen-bond donors (Lipinski definition) is 2. The molecule has 0 aromatic rings. The monoisotopic (exact) mass is 508 g/mol. The molecule has 5 nitrogen and oxygen atoms in total. The summed E-state index contributed by atoms with van der Waals surface area (Å²) in [4.78, 5) is 13.0.